The van der Waals surface area contributed by atoms with Crippen LogP contribution in [-0.2, 0) is 0 Å². The Morgan fingerprint density at radius 2 is 1.82 bits per heavy atom. The van der Waals surface area contributed by atoms with Gasteiger partial charge in [-0.05, 0) is 58.0 Å². The van der Waals surface area contributed by atoms with Gasteiger partial charge in [-0.25, -0.2) is 0 Å². The minimum absolute atomic E-state index is 0.0713. The molecule has 0 aliphatic rings. The molecule has 3 nitrogen and oxygen atoms in total. The molecule has 0 radical (unpaired) electrons. The predicted octanol–water partition coefficient (Wildman–Crippen LogP) is 2.65. The Bertz CT molecular complexity index is 333. The molecule has 2 N–H and O–H groups in total. The molecule has 0 saturated heterocycles. The van der Waals surface area contributed by atoms with Gasteiger partial charge in [0.15, 0.2) is 0 Å². The second kappa shape index (κ2) is 5.92. The second-order valence-electron chi connectivity index (χ2n) is 4.84. The van der Waals surface area contributed by atoms with Crippen LogP contribution in [-0.4, -0.2) is 25.7 Å². The number of hydrogen-bond acceptors (Lipinski definition) is 3. The monoisotopic (exact) mass is 236 g/mol. The molecule has 0 aromatic heterocycles. The second-order valence-corrected chi connectivity index (χ2v) is 4.84. The van der Waals surface area contributed by atoms with Gasteiger partial charge in [-0.15, -0.1) is 0 Å². The van der Waals surface area contributed by atoms with Crippen LogP contribution in [0.4, 0.5) is 5.69 Å². The first-order valence-corrected chi connectivity index (χ1v) is 6.18. The molecule has 0 spiro atoms. The molecule has 0 heterocycles. The summed E-state index contributed by atoms with van der Waals surface area (Å²) >= 11 is 0. The van der Waals surface area contributed by atoms with Crippen molar-refractivity contribution in [2.75, 3.05) is 25.1 Å². The standard InChI is InChI=1S/C14H24N2O/c1-5-17-13-8-6-12(7-9-13)16(4)14(2,3)10-11-15/h6-9H,5,10-11,15H2,1-4H3. The van der Waals surface area contributed by atoms with Crippen molar-refractivity contribution in [2.24, 2.45) is 5.73 Å². The maximum absolute atomic E-state index is 5.65. The first kappa shape index (κ1) is 13.8. The molecule has 1 aromatic rings. The smallest absolute Gasteiger partial charge is 0.119 e. The summed E-state index contributed by atoms with van der Waals surface area (Å²) in [5, 5.41) is 0. The summed E-state index contributed by atoms with van der Waals surface area (Å²) in [6.07, 6.45) is 0.969. The summed E-state index contributed by atoms with van der Waals surface area (Å²) in [6.45, 7) is 7.80. The van der Waals surface area contributed by atoms with E-state index in [9.17, 15) is 0 Å². The Labute approximate surface area is 105 Å². The van der Waals surface area contributed by atoms with Gasteiger partial charge in [0.1, 0.15) is 5.75 Å². The van der Waals surface area contributed by atoms with Crippen molar-refractivity contribution in [1.29, 1.82) is 0 Å². The quantitative estimate of drug-likeness (QED) is 0.825. The van der Waals surface area contributed by atoms with E-state index < -0.39 is 0 Å². The predicted molar refractivity (Wildman–Crippen MR) is 73.8 cm³/mol. The van der Waals surface area contributed by atoms with Gasteiger partial charge in [-0.3, -0.25) is 0 Å². The lowest BCUT2D eigenvalue weighted by Crippen LogP contribution is -2.42. The minimum Gasteiger partial charge on any atom is -0.494 e. The molecule has 0 bridgehead atoms. The summed E-state index contributed by atoms with van der Waals surface area (Å²) in [6, 6.07) is 8.19. The third-order valence-corrected chi connectivity index (χ3v) is 3.20. The van der Waals surface area contributed by atoms with E-state index in [1.807, 2.05) is 19.1 Å². The zero-order valence-corrected chi connectivity index (χ0v) is 11.4. The highest BCUT2D eigenvalue weighted by Gasteiger charge is 2.22. The van der Waals surface area contributed by atoms with Gasteiger partial charge in [0.05, 0.1) is 6.61 Å². The van der Waals surface area contributed by atoms with Crippen LogP contribution >= 0.6 is 0 Å². The van der Waals surface area contributed by atoms with Crippen molar-refractivity contribution in [3.63, 3.8) is 0 Å². The van der Waals surface area contributed by atoms with Crippen LogP contribution in [0.15, 0.2) is 24.3 Å². The molecule has 1 rings (SSSR count). The van der Waals surface area contributed by atoms with Crippen LogP contribution in [0.2, 0.25) is 0 Å². The Morgan fingerprint density at radius 3 is 2.29 bits per heavy atom. The largest absolute Gasteiger partial charge is 0.494 e. The van der Waals surface area contributed by atoms with Crippen molar-refractivity contribution < 1.29 is 4.74 Å². The van der Waals surface area contributed by atoms with E-state index in [1.54, 1.807) is 0 Å². The molecule has 1 aromatic carbocycles. The summed E-state index contributed by atoms with van der Waals surface area (Å²) in [4.78, 5) is 2.26. The van der Waals surface area contributed by atoms with Crippen LogP contribution < -0.4 is 15.4 Å². The molecule has 3 heteroatoms. The third-order valence-electron chi connectivity index (χ3n) is 3.20. The van der Waals surface area contributed by atoms with Gasteiger partial charge in [0.25, 0.3) is 0 Å². The highest BCUT2D eigenvalue weighted by Crippen LogP contribution is 2.26. The highest BCUT2D eigenvalue weighted by molar-refractivity contribution is 5.50. The first-order chi connectivity index (χ1) is 8.01. The third kappa shape index (κ3) is 3.63. The zero-order valence-electron chi connectivity index (χ0n) is 11.4. The van der Waals surface area contributed by atoms with Crippen LogP contribution in [0, 0.1) is 0 Å². The fourth-order valence-corrected chi connectivity index (χ4v) is 1.80. The Balaban J connectivity index is 2.78. The topological polar surface area (TPSA) is 38.5 Å². The SMILES string of the molecule is CCOc1ccc(N(C)C(C)(C)CCN)cc1. The van der Waals surface area contributed by atoms with Gasteiger partial charge in [0.2, 0.25) is 0 Å². The lowest BCUT2D eigenvalue weighted by Gasteiger charge is -2.37. The van der Waals surface area contributed by atoms with Gasteiger partial charge in [0, 0.05) is 18.3 Å². The number of benzene rings is 1. The molecule has 0 fully saturated rings. The van der Waals surface area contributed by atoms with Crippen LogP contribution in [0.25, 0.3) is 0 Å². The molecule has 0 unspecified atom stereocenters. The molecule has 0 saturated carbocycles. The summed E-state index contributed by atoms with van der Waals surface area (Å²) in [5.41, 5.74) is 6.91. The van der Waals surface area contributed by atoms with Crippen LogP contribution in [0.1, 0.15) is 27.2 Å². The van der Waals surface area contributed by atoms with E-state index in [-0.39, 0.29) is 5.54 Å². The normalized spacial score (nSPS) is 11.4. The fraction of sp³-hybridized carbons (Fsp3) is 0.571. The van der Waals surface area contributed by atoms with Crippen LogP contribution in [0.5, 0.6) is 5.75 Å². The van der Waals surface area contributed by atoms with Crippen molar-refractivity contribution in [1.82, 2.24) is 0 Å². The molecular formula is C14H24N2O. The molecule has 96 valence electrons. The van der Waals surface area contributed by atoms with Crippen molar-refractivity contribution >= 4 is 5.69 Å². The van der Waals surface area contributed by atoms with Crippen LogP contribution in [0.3, 0.4) is 0 Å². The molecule has 0 amide bonds. The van der Waals surface area contributed by atoms with E-state index in [4.69, 9.17) is 10.5 Å². The Morgan fingerprint density at radius 1 is 1.24 bits per heavy atom. The maximum atomic E-state index is 5.65. The average molecular weight is 236 g/mol. The molecule has 0 aliphatic carbocycles. The van der Waals surface area contributed by atoms with E-state index in [1.165, 1.54) is 5.69 Å². The Hall–Kier alpha value is -1.22. The maximum Gasteiger partial charge on any atom is 0.119 e. The lowest BCUT2D eigenvalue weighted by atomic mass is 9.98. The summed E-state index contributed by atoms with van der Waals surface area (Å²) in [5.74, 6) is 0.918. The lowest BCUT2D eigenvalue weighted by molar-refractivity contribution is 0.340. The average Bonchev–Trinajstić information content (AvgIpc) is 2.29. The van der Waals surface area contributed by atoms with Crippen molar-refractivity contribution in [3.05, 3.63) is 24.3 Å². The van der Waals surface area contributed by atoms with E-state index >= 15 is 0 Å². The summed E-state index contributed by atoms with van der Waals surface area (Å²) in [7, 11) is 2.10. The zero-order chi connectivity index (χ0) is 12.9. The van der Waals surface area contributed by atoms with E-state index in [2.05, 4.69) is 37.9 Å². The number of anilines is 1. The van der Waals surface area contributed by atoms with E-state index in [0.29, 0.717) is 13.2 Å². The molecule has 0 atom stereocenters. The fourth-order valence-electron chi connectivity index (χ4n) is 1.80. The van der Waals surface area contributed by atoms with Gasteiger partial charge < -0.3 is 15.4 Å². The van der Waals surface area contributed by atoms with Crippen molar-refractivity contribution in [3.8, 4) is 5.75 Å². The number of rotatable bonds is 6. The van der Waals surface area contributed by atoms with Gasteiger partial charge in [-0.2, -0.15) is 0 Å². The number of ether oxygens (including phenoxy) is 1. The Kier molecular flexibility index (Phi) is 4.82. The molecule has 17 heavy (non-hydrogen) atoms. The minimum atomic E-state index is 0.0713. The number of nitrogens with two attached hydrogens (primary N) is 1. The highest BCUT2D eigenvalue weighted by atomic mass is 16.5. The molecular weight excluding hydrogens is 212 g/mol. The van der Waals surface area contributed by atoms with Gasteiger partial charge >= 0.3 is 0 Å². The van der Waals surface area contributed by atoms with E-state index in [0.717, 1.165) is 12.2 Å². The van der Waals surface area contributed by atoms with Crippen molar-refractivity contribution in [2.45, 2.75) is 32.7 Å². The number of hydrogen-bond donors (Lipinski definition) is 1. The number of nitrogens with zero attached hydrogens (tertiary/aromatic N) is 1. The van der Waals surface area contributed by atoms with Gasteiger partial charge in [-0.1, -0.05) is 0 Å². The molecule has 0 aliphatic heterocycles. The first-order valence-electron chi connectivity index (χ1n) is 6.18. The summed E-state index contributed by atoms with van der Waals surface area (Å²) < 4.78 is 5.44.